The standard InChI is InChI=1S/C22H14Cl2N4O4/c23-12-5-1-10(2-6-12)9-14-21(30)31-19-16(18(25)29)15(11-3-7-13(24)8-4-11)17-20(28(14)19)32-22(26)27-17/h1-9,15H,(H2,25,29)(H2,26,27)/b14-9+/t15-/m1/s1. The van der Waals surface area contributed by atoms with Gasteiger partial charge < -0.3 is 20.3 Å². The van der Waals surface area contributed by atoms with E-state index in [1.165, 1.54) is 4.57 Å². The number of carbonyl (C=O) groups excluding carboxylic acids is 1. The van der Waals surface area contributed by atoms with Crippen LogP contribution in [0.5, 0.6) is 0 Å². The molecule has 0 unspecified atom stereocenters. The van der Waals surface area contributed by atoms with Crippen LogP contribution in [-0.4, -0.2) is 15.5 Å². The topological polar surface area (TPSA) is 130 Å². The number of anilines is 1. The molecule has 10 heteroatoms. The Hall–Kier alpha value is -3.75. The third kappa shape index (κ3) is 3.21. The fourth-order valence-corrected chi connectivity index (χ4v) is 4.03. The predicted molar refractivity (Wildman–Crippen MR) is 119 cm³/mol. The molecule has 160 valence electrons. The Morgan fingerprint density at radius 1 is 1.03 bits per heavy atom. The summed E-state index contributed by atoms with van der Waals surface area (Å²) in [6.07, 6.45) is 1.58. The van der Waals surface area contributed by atoms with Crippen molar-refractivity contribution in [2.24, 2.45) is 5.73 Å². The van der Waals surface area contributed by atoms with Crippen LogP contribution in [0.3, 0.4) is 0 Å². The molecule has 4 N–H and O–H groups in total. The minimum atomic E-state index is -0.780. The lowest BCUT2D eigenvalue weighted by molar-refractivity contribution is -0.113. The van der Waals surface area contributed by atoms with Gasteiger partial charge in [0, 0.05) is 10.0 Å². The van der Waals surface area contributed by atoms with Gasteiger partial charge in [-0.3, -0.25) is 4.79 Å². The number of hydrogen-bond acceptors (Lipinski definition) is 6. The minimum absolute atomic E-state index is 0.0426. The van der Waals surface area contributed by atoms with Crippen molar-refractivity contribution in [1.29, 1.82) is 0 Å². The van der Waals surface area contributed by atoms with Crippen LogP contribution < -0.4 is 28.0 Å². The fraction of sp³-hybridized carbons (Fsp3) is 0.0455. The van der Waals surface area contributed by atoms with Crippen LogP contribution in [-0.2, 0) is 4.79 Å². The maximum absolute atomic E-state index is 12.8. The van der Waals surface area contributed by atoms with Gasteiger partial charge in [0.1, 0.15) is 11.0 Å². The van der Waals surface area contributed by atoms with Crippen molar-refractivity contribution in [1.82, 2.24) is 9.55 Å². The Morgan fingerprint density at radius 2 is 1.66 bits per heavy atom. The lowest BCUT2D eigenvalue weighted by Gasteiger charge is -2.21. The summed E-state index contributed by atoms with van der Waals surface area (Å²) in [6.45, 7) is 0. The maximum atomic E-state index is 12.8. The second kappa shape index (κ2) is 7.44. The number of nitrogens with two attached hydrogens (primary N) is 2. The second-order valence-corrected chi connectivity index (χ2v) is 7.99. The van der Waals surface area contributed by atoms with Crippen LogP contribution in [0.15, 0.2) is 62.2 Å². The lowest BCUT2D eigenvalue weighted by Crippen LogP contribution is -2.38. The number of nitrogens with zero attached hydrogens (tertiary/aromatic N) is 2. The predicted octanol–water partition coefficient (Wildman–Crippen LogP) is 1.92. The number of oxazole rings is 2. The quantitative estimate of drug-likeness (QED) is 0.472. The molecule has 1 atom stereocenters. The molecule has 2 aromatic heterocycles. The van der Waals surface area contributed by atoms with E-state index in [-0.39, 0.29) is 28.4 Å². The SMILES string of the molecule is NC(=O)C1=c2oc(=O)/c(=C\c3ccc(Cl)cc3)n2-c2oc(N)nc2[C@@H]1c1ccc(Cl)cc1. The van der Waals surface area contributed by atoms with Gasteiger partial charge in [0.05, 0.1) is 11.5 Å². The molecule has 4 aromatic rings. The van der Waals surface area contributed by atoms with E-state index >= 15 is 0 Å². The van der Waals surface area contributed by atoms with Gasteiger partial charge in [0.25, 0.3) is 11.9 Å². The second-order valence-electron chi connectivity index (χ2n) is 7.12. The fourth-order valence-electron chi connectivity index (χ4n) is 3.78. The first-order valence-electron chi connectivity index (χ1n) is 9.38. The van der Waals surface area contributed by atoms with Crippen LogP contribution >= 0.6 is 23.2 Å². The molecule has 0 radical (unpaired) electrons. The van der Waals surface area contributed by atoms with Crippen molar-refractivity contribution < 1.29 is 13.6 Å². The molecule has 1 aliphatic heterocycles. The highest BCUT2D eigenvalue weighted by Crippen LogP contribution is 2.38. The molecule has 2 aromatic carbocycles. The molecule has 0 saturated heterocycles. The molecular formula is C22H14Cl2N4O4. The summed E-state index contributed by atoms with van der Waals surface area (Å²) in [5.41, 5.74) is 12.5. The van der Waals surface area contributed by atoms with Gasteiger partial charge in [-0.2, -0.15) is 4.98 Å². The van der Waals surface area contributed by atoms with E-state index in [0.29, 0.717) is 26.9 Å². The highest BCUT2D eigenvalue weighted by atomic mass is 35.5. The number of nitrogen functional groups attached to an aromatic ring is 1. The number of rotatable bonds is 3. The number of hydrogen-bond donors (Lipinski definition) is 2. The highest BCUT2D eigenvalue weighted by Gasteiger charge is 2.38. The monoisotopic (exact) mass is 468 g/mol. The van der Waals surface area contributed by atoms with Crippen molar-refractivity contribution in [3.05, 3.63) is 96.7 Å². The molecule has 32 heavy (non-hydrogen) atoms. The van der Waals surface area contributed by atoms with Gasteiger partial charge in [-0.05, 0) is 41.5 Å². The third-order valence-electron chi connectivity index (χ3n) is 5.13. The third-order valence-corrected chi connectivity index (χ3v) is 5.64. The number of carbonyl (C=O) groups is 1. The summed E-state index contributed by atoms with van der Waals surface area (Å²) in [5, 5.41) is 1.17. The molecule has 3 heterocycles. The van der Waals surface area contributed by atoms with Crippen molar-refractivity contribution in [2.45, 2.75) is 5.92 Å². The lowest BCUT2D eigenvalue weighted by atomic mass is 9.86. The molecule has 0 spiro atoms. The zero-order chi connectivity index (χ0) is 22.6. The molecular weight excluding hydrogens is 455 g/mol. The molecule has 0 saturated carbocycles. The first-order valence-corrected chi connectivity index (χ1v) is 10.1. The molecule has 0 fully saturated rings. The van der Waals surface area contributed by atoms with E-state index in [9.17, 15) is 9.59 Å². The van der Waals surface area contributed by atoms with Gasteiger partial charge >= 0.3 is 5.63 Å². The van der Waals surface area contributed by atoms with Crippen molar-refractivity contribution in [2.75, 3.05) is 5.73 Å². The van der Waals surface area contributed by atoms with Gasteiger partial charge in [-0.25, -0.2) is 9.36 Å². The normalized spacial score (nSPS) is 15.5. The van der Waals surface area contributed by atoms with Gasteiger partial charge in [0.2, 0.25) is 11.4 Å². The van der Waals surface area contributed by atoms with E-state index in [2.05, 4.69) is 4.98 Å². The summed E-state index contributed by atoms with van der Waals surface area (Å²) in [5.74, 6) is -1.39. The van der Waals surface area contributed by atoms with Crippen LogP contribution in [0.1, 0.15) is 22.7 Å². The summed E-state index contributed by atoms with van der Waals surface area (Å²) in [6, 6.07) is 13.5. The van der Waals surface area contributed by atoms with Crippen LogP contribution in [0.4, 0.5) is 6.01 Å². The van der Waals surface area contributed by atoms with E-state index in [4.69, 9.17) is 43.5 Å². The van der Waals surface area contributed by atoms with Crippen molar-refractivity contribution in [3.8, 4) is 5.88 Å². The van der Waals surface area contributed by atoms with E-state index in [0.717, 1.165) is 0 Å². The van der Waals surface area contributed by atoms with Gasteiger partial charge in [-0.15, -0.1) is 0 Å². The average Bonchev–Trinajstić information content (AvgIpc) is 3.28. The Bertz CT molecular complexity index is 1550. The van der Waals surface area contributed by atoms with E-state index in [1.807, 2.05) is 0 Å². The van der Waals surface area contributed by atoms with Crippen LogP contribution in [0.2, 0.25) is 10.0 Å². The zero-order valence-corrected chi connectivity index (χ0v) is 17.7. The first kappa shape index (κ1) is 20.2. The van der Waals surface area contributed by atoms with Crippen molar-refractivity contribution in [3.63, 3.8) is 0 Å². The number of benzene rings is 2. The average molecular weight is 469 g/mol. The summed E-state index contributed by atoms with van der Waals surface area (Å²) in [7, 11) is 0. The highest BCUT2D eigenvalue weighted by molar-refractivity contribution is 6.30. The van der Waals surface area contributed by atoms with E-state index < -0.39 is 17.5 Å². The number of fused-ring (bicyclic) bond motifs is 3. The number of aromatic nitrogens is 2. The molecule has 1 aliphatic rings. The van der Waals surface area contributed by atoms with Gasteiger partial charge in [0.15, 0.2) is 0 Å². The molecule has 0 aliphatic carbocycles. The van der Waals surface area contributed by atoms with Crippen LogP contribution in [0, 0.1) is 0 Å². The zero-order valence-electron chi connectivity index (χ0n) is 16.2. The molecule has 0 bridgehead atoms. The summed E-state index contributed by atoms with van der Waals surface area (Å²) < 4.78 is 12.5. The van der Waals surface area contributed by atoms with Gasteiger partial charge in [-0.1, -0.05) is 47.5 Å². The largest absolute Gasteiger partial charge is 0.406 e. The Labute approximate surface area is 190 Å². The maximum Gasteiger partial charge on any atom is 0.362 e. The Kier molecular flexibility index (Phi) is 4.69. The Balaban J connectivity index is 1.89. The number of amides is 1. The first-order chi connectivity index (χ1) is 15.3. The summed E-state index contributed by atoms with van der Waals surface area (Å²) >= 11 is 12.0. The van der Waals surface area contributed by atoms with E-state index in [1.54, 1.807) is 54.6 Å². The number of halogens is 2. The Morgan fingerprint density at radius 3 is 2.28 bits per heavy atom. The summed E-state index contributed by atoms with van der Waals surface area (Å²) in [4.78, 5) is 29.7. The van der Waals surface area contributed by atoms with Crippen LogP contribution in [0.25, 0.3) is 17.5 Å². The van der Waals surface area contributed by atoms with Crippen molar-refractivity contribution >= 4 is 46.8 Å². The molecule has 1 amide bonds. The molecule has 8 nitrogen and oxygen atoms in total. The minimum Gasteiger partial charge on any atom is -0.406 e. The smallest absolute Gasteiger partial charge is 0.362 e. The molecule has 5 rings (SSSR count). The number of primary amides is 1.